The molecule has 10 heteroatoms. The Morgan fingerprint density at radius 1 is 1.29 bits per heavy atom. The third-order valence-electron chi connectivity index (χ3n) is 0.995. The molecule has 0 aliphatic carbocycles. The number of carboxylic acids is 2. The molecule has 0 radical (unpaired) electrons. The SMILES string of the molecule is O=C(O)CC(C(=O)O)S(=O)(=O)O.[Ba+2].[H-].[H-].[H-].[Na+]. The van der Waals surface area contributed by atoms with Gasteiger partial charge in [0.1, 0.15) is 0 Å². The Labute approximate surface area is 147 Å². The van der Waals surface area contributed by atoms with E-state index in [4.69, 9.17) is 14.8 Å². The molecule has 76 valence electrons. The van der Waals surface area contributed by atoms with Crippen LogP contribution in [0.15, 0.2) is 0 Å². The molecule has 1 atom stereocenters. The quantitative estimate of drug-likeness (QED) is 0.342. The summed E-state index contributed by atoms with van der Waals surface area (Å²) in [6, 6.07) is 0. The molecule has 0 amide bonds. The third kappa shape index (κ3) is 8.71. The largest absolute Gasteiger partial charge is 2.00 e. The maximum atomic E-state index is 10.2. The molecule has 0 rings (SSSR count). The van der Waals surface area contributed by atoms with Crippen molar-refractivity contribution >= 4 is 70.9 Å². The van der Waals surface area contributed by atoms with Crippen molar-refractivity contribution in [3.63, 3.8) is 0 Å². The average Bonchev–Trinajstić information content (AvgIpc) is 1.79. The van der Waals surface area contributed by atoms with Crippen LogP contribution >= 0.6 is 0 Å². The Hall–Kier alpha value is 1.42. The Morgan fingerprint density at radius 3 is 1.71 bits per heavy atom. The molecule has 0 aliphatic rings. The zero-order valence-electron chi connectivity index (χ0n) is 10.4. The van der Waals surface area contributed by atoms with Gasteiger partial charge in [-0.3, -0.25) is 14.1 Å². The zero-order valence-corrected chi connectivity index (χ0v) is 14.6. The minimum Gasteiger partial charge on any atom is -1.00 e. The predicted octanol–water partition coefficient (Wildman–Crippen LogP) is -4.24. The van der Waals surface area contributed by atoms with Crippen LogP contribution in [0.1, 0.15) is 10.7 Å². The molecule has 0 aromatic rings. The van der Waals surface area contributed by atoms with E-state index < -0.39 is 33.7 Å². The van der Waals surface area contributed by atoms with Gasteiger partial charge in [0.2, 0.25) is 0 Å². The van der Waals surface area contributed by atoms with Crippen LogP contribution < -0.4 is 29.6 Å². The normalized spacial score (nSPS) is 11.8. The number of rotatable bonds is 4. The topological polar surface area (TPSA) is 129 Å². The van der Waals surface area contributed by atoms with Gasteiger partial charge < -0.3 is 14.5 Å². The summed E-state index contributed by atoms with van der Waals surface area (Å²) < 4.78 is 28.7. The molecule has 0 aliphatic heterocycles. The number of carboxylic acid groups (broad SMARTS) is 2. The average molecular weight is 361 g/mol. The van der Waals surface area contributed by atoms with E-state index in [2.05, 4.69) is 0 Å². The first-order chi connectivity index (χ1) is 5.25. The summed E-state index contributed by atoms with van der Waals surface area (Å²) in [6.07, 6.45) is -1.16. The van der Waals surface area contributed by atoms with Crippen LogP contribution in [0.4, 0.5) is 0 Å². The van der Waals surface area contributed by atoms with Gasteiger partial charge in [0.05, 0.1) is 6.42 Å². The second kappa shape index (κ2) is 8.56. The van der Waals surface area contributed by atoms with Crippen LogP contribution in [0.5, 0.6) is 0 Å². The molecule has 0 heterocycles. The first-order valence-electron chi connectivity index (χ1n) is 2.66. The van der Waals surface area contributed by atoms with Crippen molar-refractivity contribution in [1.29, 1.82) is 0 Å². The van der Waals surface area contributed by atoms with Crippen LogP contribution in [-0.4, -0.2) is 89.3 Å². The van der Waals surface area contributed by atoms with Crippen molar-refractivity contribution in [2.24, 2.45) is 0 Å². The molecule has 3 N–H and O–H groups in total. The number of hydrogen-bond acceptors (Lipinski definition) is 4. The summed E-state index contributed by atoms with van der Waals surface area (Å²) in [5.74, 6) is -3.50. The molecule has 0 aromatic heterocycles. The molecule has 7 nitrogen and oxygen atoms in total. The van der Waals surface area contributed by atoms with E-state index in [9.17, 15) is 18.0 Å². The van der Waals surface area contributed by atoms with Crippen LogP contribution in [0, 0.1) is 0 Å². The predicted molar refractivity (Wildman–Crippen MR) is 44.3 cm³/mol. The Balaban J connectivity index is -0.0000000605. The molecule has 0 saturated heterocycles. The maximum absolute atomic E-state index is 10.2. The van der Waals surface area contributed by atoms with E-state index in [1.807, 2.05) is 0 Å². The van der Waals surface area contributed by atoms with Gasteiger partial charge in [0, 0.05) is 0 Å². The van der Waals surface area contributed by atoms with Crippen LogP contribution in [-0.2, 0) is 19.7 Å². The molecular weight excluding hydrogens is 352 g/mol. The molecule has 0 saturated carbocycles. The maximum Gasteiger partial charge on any atom is 2.00 e. The van der Waals surface area contributed by atoms with Gasteiger partial charge in [-0.05, 0) is 0 Å². The van der Waals surface area contributed by atoms with Crippen molar-refractivity contribution in [1.82, 2.24) is 0 Å². The summed E-state index contributed by atoms with van der Waals surface area (Å²) in [5.41, 5.74) is 0. The summed E-state index contributed by atoms with van der Waals surface area (Å²) in [5, 5.41) is 13.9. The smallest absolute Gasteiger partial charge is 1.00 e. The first kappa shape index (κ1) is 20.8. The van der Waals surface area contributed by atoms with Crippen molar-refractivity contribution in [3.8, 4) is 0 Å². The number of carbonyl (C=O) groups is 2. The second-order valence-electron chi connectivity index (χ2n) is 1.94. The summed E-state index contributed by atoms with van der Waals surface area (Å²) >= 11 is 0. The Kier molecular flexibility index (Phi) is 12.7. The fraction of sp³-hybridized carbons (Fsp3) is 0.500. The van der Waals surface area contributed by atoms with Crippen molar-refractivity contribution in [2.75, 3.05) is 0 Å². The van der Waals surface area contributed by atoms with E-state index in [0.29, 0.717) is 0 Å². The molecule has 14 heavy (non-hydrogen) atoms. The van der Waals surface area contributed by atoms with Gasteiger partial charge in [-0.25, -0.2) is 0 Å². The van der Waals surface area contributed by atoms with Gasteiger partial charge >= 0.3 is 90.4 Å². The van der Waals surface area contributed by atoms with Gasteiger partial charge in [0.25, 0.3) is 10.1 Å². The minimum absolute atomic E-state index is 0. The van der Waals surface area contributed by atoms with E-state index in [0.717, 1.165) is 0 Å². The number of hydrogen-bond donors (Lipinski definition) is 3. The molecule has 0 fully saturated rings. The fourth-order valence-corrected chi connectivity index (χ4v) is 1.09. The van der Waals surface area contributed by atoms with Crippen LogP contribution in [0.25, 0.3) is 0 Å². The molecule has 0 spiro atoms. The first-order valence-corrected chi connectivity index (χ1v) is 4.16. The Morgan fingerprint density at radius 2 is 1.64 bits per heavy atom. The standard InChI is InChI=1S/C4H6O7S.Ba.Na.3H/c5-3(6)1-2(4(7)8)12(9,10)11;;;;;/h2H,1H2,(H,5,6)(H,7,8)(H,9,10,11);;;;;/q;+2;+1;3*-1. The second-order valence-corrected chi connectivity index (χ2v) is 3.54. The van der Waals surface area contributed by atoms with Crippen molar-refractivity contribution in [3.05, 3.63) is 0 Å². The van der Waals surface area contributed by atoms with E-state index in [-0.39, 0.29) is 82.7 Å². The van der Waals surface area contributed by atoms with Crippen molar-refractivity contribution < 1.29 is 66.6 Å². The molecule has 0 aromatic carbocycles. The van der Waals surface area contributed by atoms with Crippen LogP contribution in [0.2, 0.25) is 0 Å². The summed E-state index contributed by atoms with van der Waals surface area (Å²) in [6.45, 7) is 0. The van der Waals surface area contributed by atoms with Gasteiger partial charge in [-0.1, -0.05) is 0 Å². The van der Waals surface area contributed by atoms with Crippen LogP contribution in [0.3, 0.4) is 0 Å². The molecule has 1 unspecified atom stereocenters. The van der Waals surface area contributed by atoms with E-state index >= 15 is 0 Å². The van der Waals surface area contributed by atoms with E-state index in [1.165, 1.54) is 0 Å². The van der Waals surface area contributed by atoms with Crippen molar-refractivity contribution in [2.45, 2.75) is 11.7 Å². The van der Waals surface area contributed by atoms with Gasteiger partial charge in [-0.2, -0.15) is 8.42 Å². The fourth-order valence-electron chi connectivity index (χ4n) is 0.479. The number of aliphatic carboxylic acids is 2. The Bertz CT molecular complexity index is 310. The van der Waals surface area contributed by atoms with E-state index in [1.54, 1.807) is 0 Å². The monoisotopic (exact) mass is 362 g/mol. The summed E-state index contributed by atoms with van der Waals surface area (Å²) in [4.78, 5) is 20.0. The zero-order chi connectivity index (χ0) is 9.94. The minimum atomic E-state index is -4.84. The van der Waals surface area contributed by atoms with Gasteiger partial charge in [0.15, 0.2) is 5.25 Å². The molecule has 0 bridgehead atoms. The third-order valence-corrected chi connectivity index (χ3v) is 2.08. The summed E-state index contributed by atoms with van der Waals surface area (Å²) in [7, 11) is -4.84. The van der Waals surface area contributed by atoms with Gasteiger partial charge in [-0.15, -0.1) is 0 Å². The molecular formula is C4H9BaNaO7S.